The van der Waals surface area contributed by atoms with Crippen molar-refractivity contribution in [1.82, 2.24) is 4.90 Å². The summed E-state index contributed by atoms with van der Waals surface area (Å²) >= 11 is 0. The van der Waals surface area contributed by atoms with Crippen molar-refractivity contribution in [2.75, 3.05) is 13.1 Å². The molecule has 1 saturated heterocycles. The molecular formula is C17H26N2O. The SMILES string of the molecule is CCC(C(=O)N1CCC(C)CC1CN)c1ccccc1. The first-order valence-electron chi connectivity index (χ1n) is 7.72. The van der Waals surface area contributed by atoms with Crippen molar-refractivity contribution in [3.05, 3.63) is 35.9 Å². The highest BCUT2D eigenvalue weighted by Gasteiger charge is 2.32. The van der Waals surface area contributed by atoms with Gasteiger partial charge < -0.3 is 10.6 Å². The number of benzene rings is 1. The summed E-state index contributed by atoms with van der Waals surface area (Å²) in [5.74, 6) is 0.893. The second-order valence-corrected chi connectivity index (χ2v) is 5.92. The molecule has 3 unspecified atom stereocenters. The van der Waals surface area contributed by atoms with Gasteiger partial charge in [0, 0.05) is 19.1 Å². The van der Waals surface area contributed by atoms with E-state index in [2.05, 4.69) is 26.0 Å². The summed E-state index contributed by atoms with van der Waals surface area (Å²) in [5.41, 5.74) is 7.00. The van der Waals surface area contributed by atoms with Crippen molar-refractivity contribution in [3.8, 4) is 0 Å². The number of amides is 1. The summed E-state index contributed by atoms with van der Waals surface area (Å²) in [5, 5.41) is 0. The number of hydrogen-bond donors (Lipinski definition) is 1. The molecule has 2 rings (SSSR count). The zero-order valence-corrected chi connectivity index (χ0v) is 12.6. The average molecular weight is 274 g/mol. The van der Waals surface area contributed by atoms with Gasteiger partial charge in [-0.15, -0.1) is 0 Å². The Morgan fingerprint density at radius 1 is 1.40 bits per heavy atom. The van der Waals surface area contributed by atoms with Crippen LogP contribution in [0.5, 0.6) is 0 Å². The molecule has 1 heterocycles. The molecule has 3 heteroatoms. The molecule has 3 nitrogen and oxygen atoms in total. The lowest BCUT2D eigenvalue weighted by molar-refractivity contribution is -0.137. The number of nitrogens with two attached hydrogens (primary N) is 1. The van der Waals surface area contributed by atoms with Crippen molar-refractivity contribution >= 4 is 5.91 Å². The molecule has 0 aromatic heterocycles. The van der Waals surface area contributed by atoms with Crippen LogP contribution in [0.2, 0.25) is 0 Å². The predicted octanol–water partition coefficient (Wildman–Crippen LogP) is 2.77. The van der Waals surface area contributed by atoms with E-state index in [1.54, 1.807) is 0 Å². The Labute approximate surface area is 122 Å². The summed E-state index contributed by atoms with van der Waals surface area (Å²) in [6.07, 6.45) is 2.97. The van der Waals surface area contributed by atoms with Gasteiger partial charge in [-0.05, 0) is 30.7 Å². The van der Waals surface area contributed by atoms with Gasteiger partial charge >= 0.3 is 0 Å². The van der Waals surface area contributed by atoms with Crippen molar-refractivity contribution in [1.29, 1.82) is 0 Å². The number of rotatable bonds is 4. The van der Waals surface area contributed by atoms with E-state index in [4.69, 9.17) is 5.73 Å². The lowest BCUT2D eigenvalue weighted by Crippen LogP contribution is -2.50. The fourth-order valence-electron chi connectivity index (χ4n) is 3.20. The van der Waals surface area contributed by atoms with Crippen LogP contribution in [0.15, 0.2) is 30.3 Å². The summed E-state index contributed by atoms with van der Waals surface area (Å²) in [6.45, 7) is 5.76. The van der Waals surface area contributed by atoms with Crippen LogP contribution in [0, 0.1) is 5.92 Å². The second kappa shape index (κ2) is 6.89. The van der Waals surface area contributed by atoms with Crippen LogP contribution in [-0.2, 0) is 4.79 Å². The summed E-state index contributed by atoms with van der Waals surface area (Å²) in [7, 11) is 0. The molecule has 1 aliphatic heterocycles. The third-order valence-electron chi connectivity index (χ3n) is 4.44. The molecule has 0 saturated carbocycles. The van der Waals surface area contributed by atoms with Crippen LogP contribution in [0.3, 0.4) is 0 Å². The van der Waals surface area contributed by atoms with Gasteiger partial charge in [-0.3, -0.25) is 4.79 Å². The highest BCUT2D eigenvalue weighted by molar-refractivity contribution is 5.84. The highest BCUT2D eigenvalue weighted by atomic mass is 16.2. The van der Waals surface area contributed by atoms with E-state index in [-0.39, 0.29) is 17.9 Å². The molecule has 1 amide bonds. The van der Waals surface area contributed by atoms with Crippen LogP contribution in [0.1, 0.15) is 44.6 Å². The summed E-state index contributed by atoms with van der Waals surface area (Å²) in [6, 6.07) is 10.3. The molecule has 1 fully saturated rings. The molecule has 20 heavy (non-hydrogen) atoms. The van der Waals surface area contributed by atoms with E-state index in [1.165, 1.54) is 0 Å². The molecule has 1 aromatic rings. The maximum absolute atomic E-state index is 12.9. The van der Waals surface area contributed by atoms with Crippen LogP contribution in [0.25, 0.3) is 0 Å². The number of hydrogen-bond acceptors (Lipinski definition) is 2. The van der Waals surface area contributed by atoms with E-state index in [9.17, 15) is 4.79 Å². The Morgan fingerprint density at radius 2 is 2.10 bits per heavy atom. The smallest absolute Gasteiger partial charge is 0.230 e. The molecular weight excluding hydrogens is 248 g/mol. The molecule has 3 atom stereocenters. The van der Waals surface area contributed by atoms with Crippen molar-refractivity contribution in [2.45, 2.75) is 45.1 Å². The van der Waals surface area contributed by atoms with Gasteiger partial charge in [0.25, 0.3) is 0 Å². The van der Waals surface area contributed by atoms with E-state index < -0.39 is 0 Å². The van der Waals surface area contributed by atoms with Crippen molar-refractivity contribution in [3.63, 3.8) is 0 Å². The molecule has 2 N–H and O–H groups in total. The number of carbonyl (C=O) groups excluding carboxylic acids is 1. The quantitative estimate of drug-likeness (QED) is 0.917. The molecule has 1 aromatic carbocycles. The minimum absolute atomic E-state index is 0.0290. The topological polar surface area (TPSA) is 46.3 Å². The number of piperidine rings is 1. The third kappa shape index (κ3) is 3.21. The first-order valence-corrected chi connectivity index (χ1v) is 7.72. The number of likely N-dealkylation sites (tertiary alicyclic amines) is 1. The zero-order chi connectivity index (χ0) is 14.5. The summed E-state index contributed by atoms with van der Waals surface area (Å²) in [4.78, 5) is 14.9. The largest absolute Gasteiger partial charge is 0.338 e. The zero-order valence-electron chi connectivity index (χ0n) is 12.6. The maximum Gasteiger partial charge on any atom is 0.230 e. The molecule has 0 bridgehead atoms. The fraction of sp³-hybridized carbons (Fsp3) is 0.588. The monoisotopic (exact) mass is 274 g/mol. The number of nitrogens with zero attached hydrogens (tertiary/aromatic N) is 1. The van der Waals surface area contributed by atoms with Crippen LogP contribution < -0.4 is 5.73 Å². The lowest BCUT2D eigenvalue weighted by atomic mass is 9.89. The van der Waals surface area contributed by atoms with Crippen molar-refractivity contribution < 1.29 is 4.79 Å². The summed E-state index contributed by atoms with van der Waals surface area (Å²) < 4.78 is 0. The predicted molar refractivity (Wildman–Crippen MR) is 82.4 cm³/mol. The van der Waals surface area contributed by atoms with Gasteiger partial charge in [0.15, 0.2) is 0 Å². The second-order valence-electron chi connectivity index (χ2n) is 5.92. The van der Waals surface area contributed by atoms with Gasteiger partial charge in [0.2, 0.25) is 5.91 Å². The van der Waals surface area contributed by atoms with Gasteiger partial charge in [-0.2, -0.15) is 0 Å². The van der Waals surface area contributed by atoms with Crippen LogP contribution in [0.4, 0.5) is 0 Å². The third-order valence-corrected chi connectivity index (χ3v) is 4.44. The average Bonchev–Trinajstić information content (AvgIpc) is 2.48. The van der Waals surface area contributed by atoms with E-state index >= 15 is 0 Å². The first kappa shape index (κ1) is 15.0. The van der Waals surface area contributed by atoms with Crippen molar-refractivity contribution in [2.24, 2.45) is 11.7 Å². The fourth-order valence-corrected chi connectivity index (χ4v) is 3.20. The van der Waals surface area contributed by atoms with E-state index in [0.29, 0.717) is 12.5 Å². The highest BCUT2D eigenvalue weighted by Crippen LogP contribution is 2.28. The standard InChI is InChI=1S/C17H26N2O/c1-3-16(14-7-5-4-6-8-14)17(20)19-10-9-13(2)11-15(19)12-18/h4-8,13,15-16H,3,9-12,18H2,1-2H3. The first-order chi connectivity index (χ1) is 9.67. The maximum atomic E-state index is 12.9. The molecule has 0 spiro atoms. The Hall–Kier alpha value is -1.35. The Bertz CT molecular complexity index is 432. The Morgan fingerprint density at radius 3 is 2.70 bits per heavy atom. The minimum Gasteiger partial charge on any atom is -0.338 e. The van der Waals surface area contributed by atoms with E-state index in [0.717, 1.165) is 31.4 Å². The molecule has 0 aliphatic carbocycles. The Kier molecular flexibility index (Phi) is 5.18. The molecule has 1 aliphatic rings. The van der Waals surface area contributed by atoms with Gasteiger partial charge in [0.05, 0.1) is 5.92 Å². The van der Waals surface area contributed by atoms with Gasteiger partial charge in [-0.1, -0.05) is 44.2 Å². The van der Waals surface area contributed by atoms with E-state index in [1.807, 2.05) is 23.1 Å². The number of carbonyl (C=O) groups is 1. The van der Waals surface area contributed by atoms with Gasteiger partial charge in [-0.25, -0.2) is 0 Å². The normalized spacial score (nSPS) is 24.4. The Balaban J connectivity index is 2.16. The van der Waals surface area contributed by atoms with Crippen LogP contribution >= 0.6 is 0 Å². The van der Waals surface area contributed by atoms with Gasteiger partial charge in [0.1, 0.15) is 0 Å². The molecule has 110 valence electrons. The van der Waals surface area contributed by atoms with Crippen LogP contribution in [-0.4, -0.2) is 29.9 Å². The molecule has 0 radical (unpaired) electrons. The lowest BCUT2D eigenvalue weighted by Gasteiger charge is -2.39. The minimum atomic E-state index is -0.0290.